The van der Waals surface area contributed by atoms with Crippen LogP contribution in [0, 0.1) is 20.8 Å². The minimum Gasteiger partial charge on any atom is -0.370 e. The second-order valence-electron chi connectivity index (χ2n) is 4.80. The van der Waals surface area contributed by atoms with E-state index in [1.807, 2.05) is 20.8 Å². The van der Waals surface area contributed by atoms with Gasteiger partial charge in [-0.3, -0.25) is 10.1 Å². The average Bonchev–Trinajstić information content (AvgIpc) is 2.38. The molecule has 90 valence electrons. The number of guanidine groups is 1. The van der Waals surface area contributed by atoms with Crippen molar-refractivity contribution in [2.24, 2.45) is 10.7 Å². The van der Waals surface area contributed by atoms with Crippen molar-refractivity contribution in [3.63, 3.8) is 0 Å². The molecule has 0 bridgehead atoms. The Morgan fingerprint density at radius 3 is 2.18 bits per heavy atom. The molecular formula is C13H17N3O. The van der Waals surface area contributed by atoms with Gasteiger partial charge in [0.05, 0.1) is 0 Å². The van der Waals surface area contributed by atoms with E-state index < -0.39 is 5.54 Å². The molecule has 1 aliphatic rings. The van der Waals surface area contributed by atoms with Crippen molar-refractivity contribution < 1.29 is 4.79 Å². The number of rotatable bonds is 1. The van der Waals surface area contributed by atoms with E-state index in [1.165, 1.54) is 5.56 Å². The van der Waals surface area contributed by atoms with E-state index >= 15 is 0 Å². The van der Waals surface area contributed by atoms with Gasteiger partial charge in [0.15, 0.2) is 11.5 Å². The van der Waals surface area contributed by atoms with E-state index in [0.29, 0.717) is 0 Å². The van der Waals surface area contributed by atoms with Gasteiger partial charge in [0.25, 0.3) is 5.91 Å². The number of hydrogen-bond acceptors (Lipinski definition) is 3. The largest absolute Gasteiger partial charge is 0.370 e. The molecule has 1 aromatic carbocycles. The minimum absolute atomic E-state index is 0.162. The quantitative estimate of drug-likeness (QED) is 0.764. The summed E-state index contributed by atoms with van der Waals surface area (Å²) >= 11 is 0. The van der Waals surface area contributed by atoms with Gasteiger partial charge < -0.3 is 5.73 Å². The first-order valence-electron chi connectivity index (χ1n) is 5.59. The highest BCUT2D eigenvalue weighted by Gasteiger charge is 2.42. The van der Waals surface area contributed by atoms with Gasteiger partial charge in [-0.25, -0.2) is 4.99 Å². The molecule has 17 heavy (non-hydrogen) atoms. The van der Waals surface area contributed by atoms with Gasteiger partial charge in [-0.05, 0) is 44.4 Å². The minimum atomic E-state index is -0.897. The Balaban J connectivity index is 2.66. The van der Waals surface area contributed by atoms with Crippen molar-refractivity contribution >= 4 is 11.9 Å². The van der Waals surface area contributed by atoms with E-state index in [0.717, 1.165) is 16.7 Å². The Hall–Kier alpha value is -1.84. The van der Waals surface area contributed by atoms with Gasteiger partial charge in [-0.1, -0.05) is 17.7 Å². The highest BCUT2D eigenvalue weighted by Crippen LogP contribution is 2.34. The third-order valence-electron chi connectivity index (χ3n) is 3.19. The van der Waals surface area contributed by atoms with Crippen LogP contribution in [-0.4, -0.2) is 11.9 Å². The van der Waals surface area contributed by atoms with Crippen LogP contribution in [0.25, 0.3) is 0 Å². The maximum absolute atomic E-state index is 12.0. The molecule has 0 spiro atoms. The summed E-state index contributed by atoms with van der Waals surface area (Å²) in [6, 6.07) is 4.12. The van der Waals surface area contributed by atoms with Crippen molar-refractivity contribution in [3.05, 3.63) is 34.4 Å². The number of aliphatic imine (C=N–C) groups is 1. The van der Waals surface area contributed by atoms with Crippen LogP contribution in [0.4, 0.5) is 0 Å². The first-order chi connectivity index (χ1) is 7.84. The Bertz CT molecular complexity index is 510. The van der Waals surface area contributed by atoms with Gasteiger partial charge in [0.2, 0.25) is 0 Å². The zero-order chi connectivity index (χ0) is 12.8. The lowest BCUT2D eigenvalue weighted by Gasteiger charge is -2.23. The third-order valence-corrected chi connectivity index (χ3v) is 3.19. The van der Waals surface area contributed by atoms with Gasteiger partial charge in [0, 0.05) is 0 Å². The molecule has 0 saturated heterocycles. The highest BCUT2D eigenvalue weighted by molar-refractivity contribution is 6.07. The van der Waals surface area contributed by atoms with E-state index in [2.05, 4.69) is 22.4 Å². The van der Waals surface area contributed by atoms with E-state index in [1.54, 1.807) is 6.92 Å². The number of amides is 1. The fraction of sp³-hybridized carbons (Fsp3) is 0.385. The third kappa shape index (κ3) is 1.69. The number of benzene rings is 1. The average molecular weight is 231 g/mol. The zero-order valence-electron chi connectivity index (χ0n) is 10.6. The van der Waals surface area contributed by atoms with Crippen molar-refractivity contribution in [2.45, 2.75) is 33.2 Å². The van der Waals surface area contributed by atoms with E-state index in [9.17, 15) is 4.79 Å². The first kappa shape index (κ1) is 11.6. The standard InChI is InChI=1S/C13H17N3O/c1-7-5-8(2)10(9(3)6-7)13(4)11(17)15-12(14)16-13/h5-6H,1-4H3,(H3,14,15,16,17). The summed E-state index contributed by atoms with van der Waals surface area (Å²) < 4.78 is 0. The summed E-state index contributed by atoms with van der Waals surface area (Å²) in [5.41, 5.74) is 8.95. The number of carbonyl (C=O) groups is 1. The van der Waals surface area contributed by atoms with Crippen LogP contribution < -0.4 is 11.1 Å². The Kier molecular flexibility index (Phi) is 2.45. The molecule has 1 unspecified atom stereocenters. The fourth-order valence-electron chi connectivity index (χ4n) is 2.67. The number of carbonyl (C=O) groups excluding carboxylic acids is 1. The molecule has 1 heterocycles. The molecule has 0 aromatic heterocycles. The molecule has 1 aromatic rings. The van der Waals surface area contributed by atoms with E-state index in [4.69, 9.17) is 5.73 Å². The summed E-state index contributed by atoms with van der Waals surface area (Å²) in [6.45, 7) is 7.83. The normalized spacial score (nSPS) is 23.5. The summed E-state index contributed by atoms with van der Waals surface area (Å²) in [7, 11) is 0. The van der Waals surface area contributed by atoms with Crippen LogP contribution in [0.15, 0.2) is 17.1 Å². The fourth-order valence-corrected chi connectivity index (χ4v) is 2.67. The number of nitrogens with zero attached hydrogens (tertiary/aromatic N) is 1. The van der Waals surface area contributed by atoms with Crippen LogP contribution in [0.5, 0.6) is 0 Å². The number of nitrogens with two attached hydrogens (primary N) is 1. The molecule has 4 nitrogen and oxygen atoms in total. The van der Waals surface area contributed by atoms with Crippen molar-refractivity contribution in [3.8, 4) is 0 Å². The summed E-state index contributed by atoms with van der Waals surface area (Å²) in [5, 5.41) is 2.56. The van der Waals surface area contributed by atoms with Crippen LogP contribution in [0.1, 0.15) is 29.2 Å². The molecule has 1 amide bonds. The Morgan fingerprint density at radius 1 is 1.24 bits per heavy atom. The van der Waals surface area contributed by atoms with Gasteiger partial charge >= 0.3 is 0 Å². The lowest BCUT2D eigenvalue weighted by atomic mass is 9.84. The summed E-state index contributed by atoms with van der Waals surface area (Å²) in [4.78, 5) is 16.2. The SMILES string of the molecule is Cc1cc(C)c(C2(C)N=C(N)NC2=O)c(C)c1. The second-order valence-corrected chi connectivity index (χ2v) is 4.80. The van der Waals surface area contributed by atoms with Crippen LogP contribution in [-0.2, 0) is 10.3 Å². The molecule has 0 radical (unpaired) electrons. The van der Waals surface area contributed by atoms with Crippen molar-refractivity contribution in [2.75, 3.05) is 0 Å². The lowest BCUT2D eigenvalue weighted by Crippen LogP contribution is -2.37. The number of hydrogen-bond donors (Lipinski definition) is 2. The molecule has 1 atom stereocenters. The zero-order valence-corrected chi connectivity index (χ0v) is 10.6. The van der Waals surface area contributed by atoms with Crippen molar-refractivity contribution in [1.29, 1.82) is 0 Å². The molecule has 1 aliphatic heterocycles. The Morgan fingerprint density at radius 2 is 1.76 bits per heavy atom. The monoisotopic (exact) mass is 231 g/mol. The van der Waals surface area contributed by atoms with Crippen LogP contribution in [0.2, 0.25) is 0 Å². The predicted molar refractivity (Wildman–Crippen MR) is 67.8 cm³/mol. The van der Waals surface area contributed by atoms with Crippen molar-refractivity contribution in [1.82, 2.24) is 5.32 Å². The lowest BCUT2D eigenvalue weighted by molar-refractivity contribution is -0.123. The molecule has 0 aliphatic carbocycles. The highest BCUT2D eigenvalue weighted by atomic mass is 16.2. The smallest absolute Gasteiger partial charge is 0.259 e. The van der Waals surface area contributed by atoms with Gasteiger partial charge in [-0.15, -0.1) is 0 Å². The van der Waals surface area contributed by atoms with Crippen LogP contribution in [0.3, 0.4) is 0 Å². The van der Waals surface area contributed by atoms with Gasteiger partial charge in [-0.2, -0.15) is 0 Å². The predicted octanol–water partition coefficient (Wildman–Crippen LogP) is 1.27. The Labute approximate surface area is 101 Å². The molecule has 2 rings (SSSR count). The number of aryl methyl sites for hydroxylation is 3. The summed E-state index contributed by atoms with van der Waals surface area (Å²) in [6.07, 6.45) is 0. The molecule has 4 heteroatoms. The van der Waals surface area contributed by atoms with Gasteiger partial charge in [0.1, 0.15) is 0 Å². The maximum atomic E-state index is 12.0. The maximum Gasteiger partial charge on any atom is 0.259 e. The van der Waals surface area contributed by atoms with Crippen LogP contribution >= 0.6 is 0 Å². The molecule has 0 saturated carbocycles. The molecule has 0 fully saturated rings. The second kappa shape index (κ2) is 3.58. The number of nitrogens with one attached hydrogen (secondary N) is 1. The molecule has 3 N–H and O–H groups in total. The molecular weight excluding hydrogens is 214 g/mol. The topological polar surface area (TPSA) is 67.5 Å². The van der Waals surface area contributed by atoms with E-state index in [-0.39, 0.29) is 11.9 Å². The first-order valence-corrected chi connectivity index (χ1v) is 5.59. The summed E-state index contributed by atoms with van der Waals surface area (Å²) in [5.74, 6) is 0.0296.